The topological polar surface area (TPSA) is 46.4 Å². The van der Waals surface area contributed by atoms with Crippen LogP contribution in [-0.2, 0) is 6.54 Å². The quantitative estimate of drug-likeness (QED) is 0.227. The highest BCUT2D eigenvalue weighted by Crippen LogP contribution is 2.21. The van der Waals surface area contributed by atoms with Crippen LogP contribution in [0.2, 0.25) is 0 Å². The smallest absolute Gasteiger partial charge is 0.271 e. The molecule has 1 aromatic heterocycles. The van der Waals surface area contributed by atoms with Gasteiger partial charge in [0.15, 0.2) is 0 Å². The van der Waals surface area contributed by atoms with Crippen LogP contribution in [-0.4, -0.2) is 16.7 Å². The molecule has 0 bridgehead atoms. The van der Waals surface area contributed by atoms with Crippen LogP contribution in [0.25, 0.3) is 10.9 Å². The molecule has 3 aromatic carbocycles. The number of aryl methyl sites for hydroxylation is 1. The Morgan fingerprint density at radius 1 is 1.07 bits per heavy atom. The van der Waals surface area contributed by atoms with Gasteiger partial charge in [-0.25, -0.2) is 5.43 Å². The number of fused-ring (bicyclic) bond motifs is 1. The number of para-hydroxylation sites is 1. The van der Waals surface area contributed by atoms with Crippen molar-refractivity contribution in [3.05, 3.63) is 105 Å². The summed E-state index contributed by atoms with van der Waals surface area (Å²) >= 11 is 2.31. The maximum absolute atomic E-state index is 12.3. The summed E-state index contributed by atoms with van der Waals surface area (Å²) in [7, 11) is 0. The van der Waals surface area contributed by atoms with Crippen molar-refractivity contribution in [3.8, 4) is 0 Å². The normalized spacial score (nSPS) is 11.2. The van der Waals surface area contributed by atoms with E-state index >= 15 is 0 Å². The van der Waals surface area contributed by atoms with Gasteiger partial charge in [-0.05, 0) is 65.4 Å². The summed E-state index contributed by atoms with van der Waals surface area (Å²) in [6, 6.07) is 24.2. The summed E-state index contributed by atoms with van der Waals surface area (Å²) in [5.41, 5.74) is 7.61. The van der Waals surface area contributed by atoms with Gasteiger partial charge in [-0.15, -0.1) is 0 Å². The van der Waals surface area contributed by atoms with Crippen LogP contribution in [0.4, 0.5) is 0 Å². The molecule has 1 heterocycles. The van der Waals surface area contributed by atoms with Crippen LogP contribution >= 0.6 is 22.6 Å². The van der Waals surface area contributed by atoms with Crippen LogP contribution in [0.1, 0.15) is 27.0 Å². The number of carbonyl (C=O) groups is 1. The first-order chi connectivity index (χ1) is 14.1. The number of rotatable bonds is 5. The highest BCUT2D eigenvalue weighted by Gasteiger charge is 2.08. The molecule has 4 nitrogen and oxygen atoms in total. The number of amides is 1. The number of benzene rings is 3. The molecule has 1 N–H and O–H groups in total. The third kappa shape index (κ3) is 4.56. The molecule has 29 heavy (non-hydrogen) atoms. The maximum atomic E-state index is 12.3. The zero-order valence-corrected chi connectivity index (χ0v) is 18.1. The lowest BCUT2D eigenvalue weighted by atomic mass is 10.1. The molecular weight excluding hydrogens is 473 g/mol. The largest absolute Gasteiger partial charge is 0.342 e. The fraction of sp³-hybridized carbons (Fsp3) is 0.0833. The number of nitrogens with zero attached hydrogens (tertiary/aromatic N) is 2. The molecule has 0 aliphatic heterocycles. The average molecular weight is 493 g/mol. The first-order valence-electron chi connectivity index (χ1n) is 9.32. The van der Waals surface area contributed by atoms with E-state index in [2.05, 4.69) is 80.3 Å². The number of carbonyl (C=O) groups excluding carboxylic acids is 1. The molecule has 0 spiro atoms. The Labute approximate surface area is 183 Å². The maximum Gasteiger partial charge on any atom is 0.271 e. The van der Waals surface area contributed by atoms with Crippen molar-refractivity contribution in [1.82, 2.24) is 9.99 Å². The molecule has 4 aromatic rings. The molecular formula is C24H20IN3O. The number of hydrazone groups is 1. The molecule has 0 aliphatic rings. The predicted molar refractivity (Wildman–Crippen MR) is 126 cm³/mol. The summed E-state index contributed by atoms with van der Waals surface area (Å²) in [6.07, 6.45) is 3.78. The van der Waals surface area contributed by atoms with Crippen molar-refractivity contribution >= 4 is 45.6 Å². The number of aromatic nitrogens is 1. The van der Waals surface area contributed by atoms with E-state index in [-0.39, 0.29) is 5.91 Å². The molecule has 0 radical (unpaired) electrons. The lowest BCUT2D eigenvalue weighted by Crippen LogP contribution is -2.17. The molecule has 0 saturated heterocycles. The number of nitrogens with one attached hydrogen (secondary N) is 1. The third-order valence-electron chi connectivity index (χ3n) is 4.74. The highest BCUT2D eigenvalue weighted by atomic mass is 127. The highest BCUT2D eigenvalue weighted by molar-refractivity contribution is 14.1. The van der Waals surface area contributed by atoms with Gasteiger partial charge in [-0.1, -0.05) is 48.0 Å². The summed E-state index contributed by atoms with van der Waals surface area (Å²) in [5, 5.41) is 5.29. The number of hydrogen-bond donors (Lipinski definition) is 1. The van der Waals surface area contributed by atoms with E-state index in [4.69, 9.17) is 0 Å². The van der Waals surface area contributed by atoms with Crippen molar-refractivity contribution in [3.63, 3.8) is 0 Å². The zero-order valence-electron chi connectivity index (χ0n) is 16.0. The second-order valence-electron chi connectivity index (χ2n) is 6.92. The van der Waals surface area contributed by atoms with Gasteiger partial charge < -0.3 is 4.57 Å². The molecule has 4 rings (SSSR count). The van der Waals surface area contributed by atoms with E-state index in [1.54, 1.807) is 12.3 Å². The van der Waals surface area contributed by atoms with E-state index in [9.17, 15) is 4.79 Å². The first kappa shape index (κ1) is 19.4. The SMILES string of the molecule is Cc1cccc(C(=O)NN=Cc2cn(Cc3ccc(I)cc3)c3ccccc23)c1. The van der Waals surface area contributed by atoms with E-state index in [1.807, 2.05) is 37.3 Å². The lowest BCUT2D eigenvalue weighted by molar-refractivity contribution is 0.0955. The van der Waals surface area contributed by atoms with Gasteiger partial charge in [0.2, 0.25) is 0 Å². The van der Waals surface area contributed by atoms with Gasteiger partial charge in [0.05, 0.1) is 6.21 Å². The van der Waals surface area contributed by atoms with Crippen LogP contribution < -0.4 is 5.43 Å². The molecule has 0 atom stereocenters. The van der Waals surface area contributed by atoms with Gasteiger partial charge in [-0.3, -0.25) is 4.79 Å². The minimum atomic E-state index is -0.215. The van der Waals surface area contributed by atoms with Crippen molar-refractivity contribution in [2.75, 3.05) is 0 Å². The lowest BCUT2D eigenvalue weighted by Gasteiger charge is -2.05. The molecule has 0 saturated carbocycles. The fourth-order valence-electron chi connectivity index (χ4n) is 3.31. The van der Waals surface area contributed by atoms with Crippen LogP contribution in [0, 0.1) is 10.5 Å². The van der Waals surface area contributed by atoms with E-state index in [1.165, 1.54) is 9.13 Å². The summed E-state index contributed by atoms with van der Waals surface area (Å²) in [4.78, 5) is 12.3. The third-order valence-corrected chi connectivity index (χ3v) is 5.45. The van der Waals surface area contributed by atoms with E-state index < -0.39 is 0 Å². The van der Waals surface area contributed by atoms with Crippen LogP contribution in [0.3, 0.4) is 0 Å². The molecule has 0 aliphatic carbocycles. The molecule has 0 fully saturated rings. The van der Waals surface area contributed by atoms with E-state index in [0.717, 1.165) is 28.6 Å². The zero-order chi connectivity index (χ0) is 20.2. The Morgan fingerprint density at radius 3 is 2.66 bits per heavy atom. The second-order valence-corrected chi connectivity index (χ2v) is 8.17. The van der Waals surface area contributed by atoms with Gasteiger partial charge >= 0.3 is 0 Å². The fourth-order valence-corrected chi connectivity index (χ4v) is 3.67. The van der Waals surface area contributed by atoms with Gasteiger partial charge in [0.1, 0.15) is 0 Å². The van der Waals surface area contributed by atoms with Gasteiger partial charge in [-0.2, -0.15) is 5.10 Å². The van der Waals surface area contributed by atoms with Crippen molar-refractivity contribution in [2.24, 2.45) is 5.10 Å². The van der Waals surface area contributed by atoms with Crippen LogP contribution in [0.15, 0.2) is 84.1 Å². The first-order valence-corrected chi connectivity index (χ1v) is 10.4. The molecule has 5 heteroatoms. The second kappa shape index (κ2) is 8.61. The van der Waals surface area contributed by atoms with Gasteiger partial charge in [0.25, 0.3) is 5.91 Å². The van der Waals surface area contributed by atoms with Crippen LogP contribution in [0.5, 0.6) is 0 Å². The average Bonchev–Trinajstić information content (AvgIpc) is 3.07. The Kier molecular flexibility index (Phi) is 5.76. The monoisotopic (exact) mass is 493 g/mol. The number of halogens is 1. The van der Waals surface area contributed by atoms with Gasteiger partial charge in [0, 0.05) is 38.3 Å². The Balaban J connectivity index is 1.56. The summed E-state index contributed by atoms with van der Waals surface area (Å²) in [5.74, 6) is -0.215. The Bertz CT molecular complexity index is 1190. The Hall–Kier alpha value is -2.93. The molecule has 144 valence electrons. The predicted octanol–water partition coefficient (Wildman–Crippen LogP) is 5.37. The van der Waals surface area contributed by atoms with Crippen molar-refractivity contribution < 1.29 is 4.79 Å². The molecule has 1 amide bonds. The minimum Gasteiger partial charge on any atom is -0.342 e. The molecule has 0 unspecified atom stereocenters. The summed E-state index contributed by atoms with van der Waals surface area (Å²) in [6.45, 7) is 2.74. The summed E-state index contributed by atoms with van der Waals surface area (Å²) < 4.78 is 3.43. The van der Waals surface area contributed by atoms with E-state index in [0.29, 0.717) is 5.56 Å². The Morgan fingerprint density at radius 2 is 1.86 bits per heavy atom. The van der Waals surface area contributed by atoms with Crippen molar-refractivity contribution in [2.45, 2.75) is 13.5 Å². The van der Waals surface area contributed by atoms with Crippen molar-refractivity contribution in [1.29, 1.82) is 0 Å². The standard InChI is InChI=1S/C24H20IN3O/c1-17-5-4-6-19(13-17)24(29)27-26-14-20-16-28(23-8-3-2-7-22(20)23)15-18-9-11-21(25)12-10-18/h2-14,16H,15H2,1H3,(H,27,29). The number of hydrogen-bond acceptors (Lipinski definition) is 2. The minimum absolute atomic E-state index is 0.215.